The van der Waals surface area contributed by atoms with Gasteiger partial charge in [-0.2, -0.15) is 5.10 Å². The van der Waals surface area contributed by atoms with E-state index in [1.165, 1.54) is 11.8 Å². The summed E-state index contributed by atoms with van der Waals surface area (Å²) in [7, 11) is 0. The molecule has 0 saturated heterocycles. The normalized spacial score (nSPS) is 10.8. The molecule has 0 aliphatic rings. The van der Waals surface area contributed by atoms with Crippen molar-refractivity contribution in [3.05, 3.63) is 90.6 Å². The van der Waals surface area contributed by atoms with Crippen molar-refractivity contribution in [3.8, 4) is 17.3 Å². The number of anilines is 1. The van der Waals surface area contributed by atoms with Gasteiger partial charge in [0, 0.05) is 30.9 Å². The topological polar surface area (TPSA) is 81.9 Å². The van der Waals surface area contributed by atoms with Crippen molar-refractivity contribution in [2.24, 2.45) is 0 Å². The predicted molar refractivity (Wildman–Crippen MR) is 114 cm³/mol. The Labute approximate surface area is 174 Å². The van der Waals surface area contributed by atoms with Crippen LogP contribution >= 0.6 is 0 Å². The Morgan fingerprint density at radius 3 is 2.53 bits per heavy atom. The summed E-state index contributed by atoms with van der Waals surface area (Å²) in [5.41, 5.74) is 2.93. The molecule has 7 heteroatoms. The van der Waals surface area contributed by atoms with Crippen LogP contribution in [0.3, 0.4) is 0 Å². The fraction of sp³-hybridized carbons (Fsp3) is 0.130. The van der Waals surface area contributed by atoms with E-state index < -0.39 is 0 Å². The van der Waals surface area contributed by atoms with Crippen molar-refractivity contribution >= 4 is 11.6 Å². The van der Waals surface area contributed by atoms with Crippen molar-refractivity contribution in [3.63, 3.8) is 0 Å². The van der Waals surface area contributed by atoms with Crippen molar-refractivity contribution < 1.29 is 9.53 Å². The number of amides is 1. The molecular formula is C23H21N5O2. The lowest BCUT2D eigenvalue weighted by Crippen LogP contribution is -2.14. The minimum atomic E-state index is -0.295. The fourth-order valence-electron chi connectivity index (χ4n) is 2.91. The van der Waals surface area contributed by atoms with Gasteiger partial charge < -0.3 is 10.1 Å². The molecule has 4 aromatic rings. The molecule has 150 valence electrons. The van der Waals surface area contributed by atoms with E-state index in [0.717, 1.165) is 5.69 Å². The van der Waals surface area contributed by atoms with Crippen LogP contribution in [0.5, 0.6) is 11.6 Å². The number of hydrogen-bond acceptors (Lipinski definition) is 5. The average molecular weight is 399 g/mol. The highest BCUT2D eigenvalue weighted by molar-refractivity contribution is 6.05. The van der Waals surface area contributed by atoms with Crippen molar-refractivity contribution in [1.82, 2.24) is 19.7 Å². The molecule has 0 atom stereocenters. The third-order valence-corrected chi connectivity index (χ3v) is 4.57. The molecule has 30 heavy (non-hydrogen) atoms. The number of rotatable bonds is 6. The minimum absolute atomic E-state index is 0.295. The molecule has 7 nitrogen and oxygen atoms in total. The van der Waals surface area contributed by atoms with E-state index in [4.69, 9.17) is 4.74 Å². The SMILES string of the molecule is CC(C)c1ccc(Oc2ccc(C(=O)Nc3cnccc3-n3cccn3)cn2)cc1. The maximum atomic E-state index is 12.7. The molecule has 3 heterocycles. The first-order chi connectivity index (χ1) is 14.6. The third-order valence-electron chi connectivity index (χ3n) is 4.57. The molecule has 0 aliphatic heterocycles. The van der Waals surface area contributed by atoms with Gasteiger partial charge in [0.2, 0.25) is 5.88 Å². The first-order valence-electron chi connectivity index (χ1n) is 9.59. The van der Waals surface area contributed by atoms with Crippen LogP contribution in [-0.4, -0.2) is 25.7 Å². The summed E-state index contributed by atoms with van der Waals surface area (Å²) >= 11 is 0. The van der Waals surface area contributed by atoms with Gasteiger partial charge in [-0.05, 0) is 41.8 Å². The van der Waals surface area contributed by atoms with E-state index >= 15 is 0 Å². The average Bonchev–Trinajstić information content (AvgIpc) is 3.30. The van der Waals surface area contributed by atoms with E-state index in [2.05, 4.69) is 34.2 Å². The van der Waals surface area contributed by atoms with Gasteiger partial charge in [-0.3, -0.25) is 9.78 Å². The molecule has 0 saturated carbocycles. The van der Waals surface area contributed by atoms with Crippen molar-refractivity contribution in [2.45, 2.75) is 19.8 Å². The smallest absolute Gasteiger partial charge is 0.257 e. The highest BCUT2D eigenvalue weighted by Crippen LogP contribution is 2.23. The molecule has 0 fully saturated rings. The van der Waals surface area contributed by atoms with Gasteiger partial charge in [0.1, 0.15) is 5.75 Å². The van der Waals surface area contributed by atoms with Crippen LogP contribution < -0.4 is 10.1 Å². The zero-order valence-electron chi connectivity index (χ0n) is 16.7. The second-order valence-corrected chi connectivity index (χ2v) is 7.01. The minimum Gasteiger partial charge on any atom is -0.439 e. The van der Waals surface area contributed by atoms with Gasteiger partial charge in [-0.1, -0.05) is 26.0 Å². The molecule has 3 aromatic heterocycles. The molecule has 1 aromatic carbocycles. The van der Waals surface area contributed by atoms with E-state index in [0.29, 0.717) is 28.8 Å². The van der Waals surface area contributed by atoms with Gasteiger partial charge >= 0.3 is 0 Å². The standard InChI is InChI=1S/C23H21N5O2/c1-16(2)17-4-7-19(8-5-17)30-22-9-6-18(14-25-22)23(29)27-20-15-24-12-10-21(20)28-13-3-11-26-28/h3-16H,1-2H3,(H,27,29). The first-order valence-corrected chi connectivity index (χ1v) is 9.59. The second-order valence-electron chi connectivity index (χ2n) is 7.01. The van der Waals surface area contributed by atoms with Gasteiger partial charge in [-0.15, -0.1) is 0 Å². The summed E-state index contributed by atoms with van der Waals surface area (Å²) in [4.78, 5) is 21.0. The number of carbonyl (C=O) groups excluding carboxylic acids is 1. The zero-order chi connectivity index (χ0) is 20.9. The summed E-state index contributed by atoms with van der Waals surface area (Å²) in [6.07, 6.45) is 8.18. The fourth-order valence-corrected chi connectivity index (χ4v) is 2.91. The monoisotopic (exact) mass is 399 g/mol. The molecule has 0 bridgehead atoms. The predicted octanol–water partition coefficient (Wildman–Crippen LogP) is 4.83. The van der Waals surface area contributed by atoms with E-state index in [-0.39, 0.29) is 5.91 Å². The highest BCUT2D eigenvalue weighted by Gasteiger charge is 2.12. The summed E-state index contributed by atoms with van der Waals surface area (Å²) in [6.45, 7) is 4.29. The molecule has 1 N–H and O–H groups in total. The zero-order valence-corrected chi connectivity index (χ0v) is 16.7. The van der Waals surface area contributed by atoms with Crippen LogP contribution in [0.25, 0.3) is 5.69 Å². The Morgan fingerprint density at radius 2 is 1.87 bits per heavy atom. The van der Waals surface area contributed by atoms with Gasteiger partial charge in [0.05, 0.1) is 23.1 Å². The maximum absolute atomic E-state index is 12.7. The maximum Gasteiger partial charge on any atom is 0.257 e. The lowest BCUT2D eigenvalue weighted by molar-refractivity contribution is 0.102. The van der Waals surface area contributed by atoms with Crippen LogP contribution in [0, 0.1) is 0 Å². The largest absolute Gasteiger partial charge is 0.439 e. The van der Waals surface area contributed by atoms with E-state index in [9.17, 15) is 4.79 Å². The number of benzene rings is 1. The Balaban J connectivity index is 1.45. The highest BCUT2D eigenvalue weighted by atomic mass is 16.5. The molecule has 0 unspecified atom stereocenters. The van der Waals surface area contributed by atoms with Crippen LogP contribution in [0.1, 0.15) is 35.7 Å². The third kappa shape index (κ3) is 4.35. The van der Waals surface area contributed by atoms with Crippen LogP contribution in [-0.2, 0) is 0 Å². The second kappa shape index (κ2) is 8.57. The number of aromatic nitrogens is 4. The molecule has 1 amide bonds. The number of hydrogen-bond donors (Lipinski definition) is 1. The van der Waals surface area contributed by atoms with Gasteiger partial charge in [-0.25, -0.2) is 9.67 Å². The number of pyridine rings is 2. The summed E-state index contributed by atoms with van der Waals surface area (Å²) in [5.74, 6) is 1.28. The Hall–Kier alpha value is -4.00. The van der Waals surface area contributed by atoms with Gasteiger partial charge in [0.15, 0.2) is 0 Å². The molecular weight excluding hydrogens is 378 g/mol. The number of carbonyl (C=O) groups is 1. The van der Waals surface area contributed by atoms with E-state index in [1.807, 2.05) is 30.3 Å². The summed E-state index contributed by atoms with van der Waals surface area (Å²) < 4.78 is 7.43. The lowest BCUT2D eigenvalue weighted by Gasteiger charge is -2.11. The Kier molecular flexibility index (Phi) is 5.52. The Bertz CT molecular complexity index is 1120. The molecule has 4 rings (SSSR count). The number of nitrogens with zero attached hydrogens (tertiary/aromatic N) is 4. The molecule has 0 aliphatic carbocycles. The quantitative estimate of drug-likeness (QED) is 0.502. The Morgan fingerprint density at radius 1 is 1.03 bits per heavy atom. The summed E-state index contributed by atoms with van der Waals surface area (Å²) in [5, 5.41) is 7.06. The number of ether oxygens (including phenoxy) is 1. The number of nitrogens with one attached hydrogen (secondary N) is 1. The van der Waals surface area contributed by atoms with Crippen molar-refractivity contribution in [1.29, 1.82) is 0 Å². The van der Waals surface area contributed by atoms with Crippen LogP contribution in [0.2, 0.25) is 0 Å². The van der Waals surface area contributed by atoms with Gasteiger partial charge in [0.25, 0.3) is 5.91 Å². The molecule has 0 spiro atoms. The van der Waals surface area contributed by atoms with Crippen LogP contribution in [0.4, 0.5) is 5.69 Å². The first kappa shape index (κ1) is 19.3. The van der Waals surface area contributed by atoms with Crippen LogP contribution in [0.15, 0.2) is 79.5 Å². The lowest BCUT2D eigenvalue weighted by atomic mass is 10.0. The molecule has 0 radical (unpaired) electrons. The van der Waals surface area contributed by atoms with Crippen molar-refractivity contribution in [2.75, 3.05) is 5.32 Å². The van der Waals surface area contributed by atoms with E-state index in [1.54, 1.807) is 47.7 Å². The summed E-state index contributed by atoms with van der Waals surface area (Å²) in [6, 6.07) is 14.8.